The van der Waals surface area contributed by atoms with Crippen molar-refractivity contribution in [3.8, 4) is 17.2 Å². The van der Waals surface area contributed by atoms with E-state index in [1.165, 1.54) is 12.1 Å². The Morgan fingerprint density at radius 1 is 1.07 bits per heavy atom. The molecule has 0 saturated heterocycles. The van der Waals surface area contributed by atoms with E-state index in [1.807, 2.05) is 0 Å². The van der Waals surface area contributed by atoms with Crippen LogP contribution in [0.25, 0.3) is 11.5 Å². The highest BCUT2D eigenvalue weighted by atomic mass is 32.2. The van der Waals surface area contributed by atoms with Gasteiger partial charge in [0, 0.05) is 12.7 Å². The zero-order chi connectivity index (χ0) is 20.1. The van der Waals surface area contributed by atoms with Gasteiger partial charge in [-0.3, -0.25) is 4.72 Å². The van der Waals surface area contributed by atoms with Crippen LogP contribution in [0.15, 0.2) is 51.9 Å². The molecule has 0 spiro atoms. The topological polar surface area (TPSA) is 104 Å². The average molecular weight is 403 g/mol. The predicted octanol–water partition coefficient (Wildman–Crippen LogP) is 3.18. The van der Waals surface area contributed by atoms with E-state index in [-0.39, 0.29) is 4.90 Å². The maximum atomic E-state index is 12.7. The first-order chi connectivity index (χ1) is 13.4. The first-order valence-corrected chi connectivity index (χ1v) is 10.0. The third-order valence-electron chi connectivity index (χ3n) is 3.94. The SMILES string of the molecule is COCCOc1ccc(S(=O)(=O)Nc2ccc(-c3nc(C)no3)cc2C)cc1. The highest BCUT2D eigenvalue weighted by molar-refractivity contribution is 7.92. The van der Waals surface area contributed by atoms with Crippen LogP contribution in [0.1, 0.15) is 11.4 Å². The number of nitrogens with zero attached hydrogens (tertiary/aromatic N) is 2. The lowest BCUT2D eigenvalue weighted by Crippen LogP contribution is -2.13. The van der Waals surface area contributed by atoms with E-state index in [0.717, 1.165) is 11.1 Å². The van der Waals surface area contributed by atoms with Crippen LogP contribution in [0.4, 0.5) is 5.69 Å². The third-order valence-corrected chi connectivity index (χ3v) is 5.32. The monoisotopic (exact) mass is 403 g/mol. The van der Waals surface area contributed by atoms with Gasteiger partial charge >= 0.3 is 0 Å². The van der Waals surface area contributed by atoms with Crippen LogP contribution in [0.3, 0.4) is 0 Å². The van der Waals surface area contributed by atoms with Crippen molar-refractivity contribution in [1.29, 1.82) is 0 Å². The molecule has 2 aromatic carbocycles. The van der Waals surface area contributed by atoms with Gasteiger partial charge in [0.15, 0.2) is 5.82 Å². The number of nitrogens with one attached hydrogen (secondary N) is 1. The first-order valence-electron chi connectivity index (χ1n) is 8.55. The first kappa shape index (κ1) is 19.8. The standard InChI is InChI=1S/C19H21N3O5S/c1-13-12-15(19-20-14(2)21-27-19)4-9-18(13)22-28(23,24)17-7-5-16(6-8-17)26-11-10-25-3/h4-9,12,22H,10-11H2,1-3H3. The van der Waals surface area contributed by atoms with Crippen molar-refractivity contribution in [1.82, 2.24) is 10.1 Å². The lowest BCUT2D eigenvalue weighted by Gasteiger charge is -2.12. The van der Waals surface area contributed by atoms with Gasteiger partial charge in [0.2, 0.25) is 0 Å². The van der Waals surface area contributed by atoms with Crippen LogP contribution in [-0.2, 0) is 14.8 Å². The number of hydrogen-bond donors (Lipinski definition) is 1. The summed E-state index contributed by atoms with van der Waals surface area (Å²) in [5, 5.41) is 3.76. The fourth-order valence-corrected chi connectivity index (χ4v) is 3.62. The maximum absolute atomic E-state index is 12.7. The number of anilines is 1. The number of benzene rings is 2. The number of methoxy groups -OCH3 is 1. The summed E-state index contributed by atoms with van der Waals surface area (Å²) in [6.07, 6.45) is 0. The normalized spacial score (nSPS) is 11.4. The van der Waals surface area contributed by atoms with Crippen molar-refractivity contribution in [2.75, 3.05) is 25.0 Å². The fourth-order valence-electron chi connectivity index (χ4n) is 2.49. The van der Waals surface area contributed by atoms with Gasteiger partial charge in [0.25, 0.3) is 15.9 Å². The van der Waals surface area contributed by atoms with Gasteiger partial charge in [-0.15, -0.1) is 0 Å². The van der Waals surface area contributed by atoms with E-state index in [2.05, 4.69) is 14.9 Å². The predicted molar refractivity (Wildman–Crippen MR) is 104 cm³/mol. The second kappa shape index (κ2) is 8.41. The van der Waals surface area contributed by atoms with E-state index >= 15 is 0 Å². The summed E-state index contributed by atoms with van der Waals surface area (Å²) in [7, 11) is -2.15. The number of ether oxygens (including phenoxy) is 2. The Hall–Kier alpha value is -2.91. The van der Waals surface area contributed by atoms with Gasteiger partial charge in [-0.1, -0.05) is 5.16 Å². The van der Waals surface area contributed by atoms with Crippen molar-refractivity contribution < 1.29 is 22.4 Å². The van der Waals surface area contributed by atoms with Gasteiger partial charge in [0.05, 0.1) is 17.2 Å². The molecule has 0 fully saturated rings. The molecular formula is C19H21N3O5S. The van der Waals surface area contributed by atoms with Gasteiger partial charge in [-0.2, -0.15) is 4.98 Å². The molecule has 1 heterocycles. The van der Waals surface area contributed by atoms with Crippen LogP contribution >= 0.6 is 0 Å². The van der Waals surface area contributed by atoms with Crippen molar-refractivity contribution in [2.45, 2.75) is 18.7 Å². The fraction of sp³-hybridized carbons (Fsp3) is 0.263. The number of rotatable bonds is 8. The molecule has 9 heteroatoms. The van der Waals surface area contributed by atoms with E-state index in [1.54, 1.807) is 51.3 Å². The lowest BCUT2D eigenvalue weighted by molar-refractivity contribution is 0.146. The summed E-state index contributed by atoms with van der Waals surface area (Å²) < 4.78 is 43.4. The van der Waals surface area contributed by atoms with Gasteiger partial charge in [0.1, 0.15) is 12.4 Å². The molecule has 0 radical (unpaired) electrons. The minimum atomic E-state index is -3.73. The number of hydrogen-bond acceptors (Lipinski definition) is 7. The largest absolute Gasteiger partial charge is 0.491 e. The van der Waals surface area contributed by atoms with Crippen molar-refractivity contribution >= 4 is 15.7 Å². The summed E-state index contributed by atoms with van der Waals surface area (Å²) in [6, 6.07) is 11.4. The molecule has 0 aliphatic heterocycles. The third kappa shape index (κ3) is 4.68. The molecule has 0 atom stereocenters. The van der Waals surface area contributed by atoms with E-state index < -0.39 is 10.0 Å². The van der Waals surface area contributed by atoms with Gasteiger partial charge in [-0.05, 0) is 61.9 Å². The van der Waals surface area contributed by atoms with Crippen LogP contribution in [0.2, 0.25) is 0 Å². The van der Waals surface area contributed by atoms with E-state index in [4.69, 9.17) is 14.0 Å². The lowest BCUT2D eigenvalue weighted by atomic mass is 10.1. The Morgan fingerprint density at radius 2 is 1.82 bits per heavy atom. The summed E-state index contributed by atoms with van der Waals surface area (Å²) in [5.41, 5.74) is 1.93. The zero-order valence-electron chi connectivity index (χ0n) is 15.8. The summed E-state index contributed by atoms with van der Waals surface area (Å²) in [5.74, 6) is 1.50. The van der Waals surface area contributed by atoms with E-state index in [0.29, 0.717) is 36.4 Å². The minimum Gasteiger partial charge on any atom is -0.491 e. The summed E-state index contributed by atoms with van der Waals surface area (Å²) in [6.45, 7) is 4.39. The van der Waals surface area contributed by atoms with Crippen LogP contribution in [0.5, 0.6) is 5.75 Å². The number of aromatic nitrogens is 2. The molecule has 3 rings (SSSR count). The quantitative estimate of drug-likeness (QED) is 0.576. The molecule has 0 saturated carbocycles. The molecule has 0 amide bonds. The van der Waals surface area contributed by atoms with Gasteiger partial charge in [-0.25, -0.2) is 8.42 Å². The molecule has 1 aromatic heterocycles. The second-order valence-corrected chi connectivity index (χ2v) is 7.78. The van der Waals surface area contributed by atoms with Crippen LogP contribution in [0, 0.1) is 13.8 Å². The zero-order valence-corrected chi connectivity index (χ0v) is 16.6. The molecule has 148 valence electrons. The smallest absolute Gasteiger partial charge is 0.261 e. The maximum Gasteiger partial charge on any atom is 0.261 e. The highest BCUT2D eigenvalue weighted by Gasteiger charge is 2.16. The number of aryl methyl sites for hydroxylation is 2. The van der Waals surface area contributed by atoms with E-state index in [9.17, 15) is 8.42 Å². The molecule has 3 aromatic rings. The Bertz CT molecular complexity index is 1050. The van der Waals surface area contributed by atoms with Crippen molar-refractivity contribution in [3.63, 3.8) is 0 Å². The Morgan fingerprint density at radius 3 is 2.43 bits per heavy atom. The number of sulfonamides is 1. The molecule has 1 N–H and O–H groups in total. The molecule has 0 aliphatic rings. The minimum absolute atomic E-state index is 0.141. The summed E-state index contributed by atoms with van der Waals surface area (Å²) >= 11 is 0. The molecule has 0 unspecified atom stereocenters. The molecule has 0 bridgehead atoms. The van der Waals surface area contributed by atoms with Crippen LogP contribution < -0.4 is 9.46 Å². The molecule has 8 nitrogen and oxygen atoms in total. The molecular weight excluding hydrogens is 382 g/mol. The van der Waals surface area contributed by atoms with Gasteiger partial charge < -0.3 is 14.0 Å². The molecule has 0 aliphatic carbocycles. The van der Waals surface area contributed by atoms with Crippen molar-refractivity contribution in [3.05, 3.63) is 53.9 Å². The Kier molecular flexibility index (Phi) is 5.96. The van der Waals surface area contributed by atoms with Crippen molar-refractivity contribution in [2.24, 2.45) is 0 Å². The Balaban J connectivity index is 1.74. The second-order valence-electron chi connectivity index (χ2n) is 6.09. The molecule has 28 heavy (non-hydrogen) atoms. The highest BCUT2D eigenvalue weighted by Crippen LogP contribution is 2.26. The Labute approximate surface area is 163 Å². The summed E-state index contributed by atoms with van der Waals surface area (Å²) in [4.78, 5) is 4.31. The van der Waals surface area contributed by atoms with Crippen LogP contribution in [-0.4, -0.2) is 38.9 Å². The average Bonchev–Trinajstić information content (AvgIpc) is 3.10.